The highest BCUT2D eigenvalue weighted by Crippen LogP contribution is 2.38. The number of nitrogens with zero attached hydrogens (tertiary/aromatic N) is 3. The summed E-state index contributed by atoms with van der Waals surface area (Å²) in [6.45, 7) is 6.13. The topological polar surface area (TPSA) is 91.3 Å². The average Bonchev–Trinajstić information content (AvgIpc) is 3.03. The van der Waals surface area contributed by atoms with Crippen LogP contribution in [0.25, 0.3) is 0 Å². The van der Waals surface area contributed by atoms with Crippen molar-refractivity contribution in [3.8, 4) is 0 Å². The monoisotopic (exact) mass is 412 g/mol. The molecule has 3 heterocycles. The van der Waals surface area contributed by atoms with Gasteiger partial charge in [0.05, 0.1) is 24.0 Å². The highest BCUT2D eigenvalue weighted by Gasteiger charge is 2.36. The van der Waals surface area contributed by atoms with Gasteiger partial charge in [0.2, 0.25) is 11.8 Å². The molecule has 3 aliphatic rings. The third-order valence-corrected chi connectivity index (χ3v) is 6.58. The summed E-state index contributed by atoms with van der Waals surface area (Å²) >= 11 is 3.06. The highest BCUT2D eigenvalue weighted by atomic mass is 32.2. The molecule has 3 aliphatic heterocycles. The number of carbonyl (C=O) groups excluding carboxylic acids is 3. The highest BCUT2D eigenvalue weighted by molar-refractivity contribution is 8.04. The van der Waals surface area contributed by atoms with Crippen molar-refractivity contribution in [1.29, 1.82) is 0 Å². The quantitative estimate of drug-likeness (QED) is 0.728. The molecular formula is C17H24N4O4S2. The van der Waals surface area contributed by atoms with Crippen molar-refractivity contribution in [1.82, 2.24) is 15.1 Å². The number of piperazine rings is 1. The summed E-state index contributed by atoms with van der Waals surface area (Å²) in [6, 6.07) is 0. The lowest BCUT2D eigenvalue weighted by Gasteiger charge is -2.34. The maximum atomic E-state index is 12.4. The van der Waals surface area contributed by atoms with Gasteiger partial charge in [-0.3, -0.25) is 14.6 Å². The number of amides is 3. The maximum Gasteiger partial charge on any atom is 0.409 e. The molecule has 0 aromatic heterocycles. The lowest BCUT2D eigenvalue weighted by Crippen LogP contribution is -2.51. The maximum absolute atomic E-state index is 12.4. The van der Waals surface area contributed by atoms with Crippen LogP contribution in [0, 0.1) is 5.92 Å². The molecule has 3 rings (SSSR count). The Hall–Kier alpha value is -1.68. The molecule has 0 unspecified atom stereocenters. The molecule has 2 atom stereocenters. The molecule has 0 bridgehead atoms. The number of allylic oxidation sites excluding steroid dienone is 1. The second-order valence-corrected chi connectivity index (χ2v) is 8.78. The standard InChI is InChI=1S/C17H24N4O4S2/c1-3-25-17(24)21-6-4-20(5-7-21)14(22)10-26-9-13-18-15(23)12-8-11(2)27-16(12)19-13/h8,12,16H,3-7,9-10H2,1-2H3,(H,18,19,23)/t12-,16-/m1/s1. The Morgan fingerprint density at radius 2 is 2.04 bits per heavy atom. The first kappa shape index (κ1) is 20.1. The van der Waals surface area contributed by atoms with Gasteiger partial charge in [0.1, 0.15) is 11.2 Å². The van der Waals surface area contributed by atoms with E-state index < -0.39 is 0 Å². The molecule has 27 heavy (non-hydrogen) atoms. The molecule has 10 heteroatoms. The number of thioether (sulfide) groups is 2. The first-order valence-electron chi connectivity index (χ1n) is 8.97. The van der Waals surface area contributed by atoms with Gasteiger partial charge in [-0.05, 0) is 18.8 Å². The largest absolute Gasteiger partial charge is 0.450 e. The molecule has 0 saturated carbocycles. The molecule has 0 aromatic rings. The van der Waals surface area contributed by atoms with E-state index in [-0.39, 0.29) is 29.2 Å². The van der Waals surface area contributed by atoms with Gasteiger partial charge in [-0.2, -0.15) is 0 Å². The van der Waals surface area contributed by atoms with E-state index in [9.17, 15) is 14.4 Å². The minimum atomic E-state index is -0.321. The van der Waals surface area contributed by atoms with Gasteiger partial charge >= 0.3 is 6.09 Å². The van der Waals surface area contributed by atoms with Gasteiger partial charge in [-0.25, -0.2) is 4.79 Å². The first-order chi connectivity index (χ1) is 13.0. The third-order valence-electron chi connectivity index (χ3n) is 4.50. The zero-order valence-corrected chi connectivity index (χ0v) is 17.1. The average molecular weight is 413 g/mol. The minimum Gasteiger partial charge on any atom is -0.450 e. The molecule has 0 radical (unpaired) electrons. The second kappa shape index (κ2) is 9.01. The fraction of sp³-hybridized carbons (Fsp3) is 0.647. The van der Waals surface area contributed by atoms with E-state index >= 15 is 0 Å². The lowest BCUT2D eigenvalue weighted by atomic mass is 10.1. The van der Waals surface area contributed by atoms with E-state index in [4.69, 9.17) is 4.74 Å². The summed E-state index contributed by atoms with van der Waals surface area (Å²) in [4.78, 5) is 45.3. The molecule has 0 spiro atoms. The van der Waals surface area contributed by atoms with Crippen molar-refractivity contribution in [2.75, 3.05) is 44.3 Å². The molecule has 1 saturated heterocycles. The number of nitrogens with one attached hydrogen (secondary N) is 1. The van der Waals surface area contributed by atoms with Crippen molar-refractivity contribution in [2.45, 2.75) is 19.2 Å². The zero-order chi connectivity index (χ0) is 19.4. The van der Waals surface area contributed by atoms with E-state index in [0.717, 1.165) is 4.91 Å². The Bertz CT molecular complexity index is 674. The number of carbonyl (C=O) groups is 3. The summed E-state index contributed by atoms with van der Waals surface area (Å²) in [7, 11) is 0. The number of hydrogen-bond donors (Lipinski definition) is 1. The predicted octanol–water partition coefficient (Wildman–Crippen LogP) is 1.14. The number of ether oxygens (including phenoxy) is 1. The van der Waals surface area contributed by atoms with Crippen LogP contribution in [0.5, 0.6) is 0 Å². The number of rotatable bonds is 5. The van der Waals surface area contributed by atoms with Crippen LogP contribution < -0.4 is 5.32 Å². The third kappa shape index (κ3) is 4.98. The smallest absolute Gasteiger partial charge is 0.409 e. The van der Waals surface area contributed by atoms with Gasteiger partial charge in [0.25, 0.3) is 0 Å². The number of fused-ring (bicyclic) bond motifs is 1. The lowest BCUT2D eigenvalue weighted by molar-refractivity contribution is -0.130. The first-order valence-corrected chi connectivity index (χ1v) is 11.0. The number of aliphatic imine (C=N–C) groups is 1. The molecule has 1 N–H and O–H groups in total. The molecule has 8 nitrogen and oxygen atoms in total. The molecule has 1 fully saturated rings. The van der Waals surface area contributed by atoms with Crippen LogP contribution in [0.3, 0.4) is 0 Å². The van der Waals surface area contributed by atoms with Crippen molar-refractivity contribution in [3.63, 3.8) is 0 Å². The van der Waals surface area contributed by atoms with Crippen LogP contribution in [0.4, 0.5) is 4.79 Å². The summed E-state index contributed by atoms with van der Waals surface area (Å²) < 4.78 is 4.98. The van der Waals surface area contributed by atoms with Crippen LogP contribution >= 0.6 is 23.5 Å². The minimum absolute atomic E-state index is 0.0173. The van der Waals surface area contributed by atoms with Crippen molar-refractivity contribution in [3.05, 3.63) is 11.0 Å². The van der Waals surface area contributed by atoms with Gasteiger partial charge in [0, 0.05) is 26.2 Å². The van der Waals surface area contributed by atoms with E-state index in [1.54, 1.807) is 28.5 Å². The van der Waals surface area contributed by atoms with Crippen LogP contribution in [0.2, 0.25) is 0 Å². The summed E-state index contributed by atoms with van der Waals surface area (Å²) in [5.41, 5.74) is 0. The summed E-state index contributed by atoms with van der Waals surface area (Å²) in [5.74, 6) is 1.31. The van der Waals surface area contributed by atoms with Crippen molar-refractivity contribution in [2.24, 2.45) is 10.9 Å². The molecule has 0 aromatic carbocycles. The van der Waals surface area contributed by atoms with Crippen LogP contribution in [0.1, 0.15) is 13.8 Å². The predicted molar refractivity (Wildman–Crippen MR) is 107 cm³/mol. The van der Waals surface area contributed by atoms with E-state index in [2.05, 4.69) is 10.3 Å². The van der Waals surface area contributed by atoms with E-state index in [1.165, 1.54) is 11.8 Å². The molecule has 148 valence electrons. The Labute approximate surface area is 167 Å². The van der Waals surface area contributed by atoms with Crippen LogP contribution in [-0.2, 0) is 14.3 Å². The van der Waals surface area contributed by atoms with E-state index in [0.29, 0.717) is 50.1 Å². The Kier molecular flexibility index (Phi) is 6.69. The molecule has 3 amide bonds. The zero-order valence-electron chi connectivity index (χ0n) is 15.5. The summed E-state index contributed by atoms with van der Waals surface area (Å²) in [5, 5.41) is 2.77. The second-order valence-electron chi connectivity index (χ2n) is 6.44. The van der Waals surface area contributed by atoms with Crippen LogP contribution in [0.15, 0.2) is 16.0 Å². The van der Waals surface area contributed by atoms with Crippen molar-refractivity contribution >= 4 is 47.3 Å². The number of hydrogen-bond acceptors (Lipinski definition) is 7. The fourth-order valence-corrected chi connectivity index (χ4v) is 5.05. The van der Waals surface area contributed by atoms with Crippen LogP contribution in [-0.4, -0.2) is 83.2 Å². The Morgan fingerprint density at radius 3 is 2.74 bits per heavy atom. The van der Waals surface area contributed by atoms with Gasteiger partial charge in [-0.1, -0.05) is 6.08 Å². The molecule has 0 aliphatic carbocycles. The Morgan fingerprint density at radius 1 is 1.33 bits per heavy atom. The van der Waals surface area contributed by atoms with E-state index in [1.807, 2.05) is 13.0 Å². The molecular weight excluding hydrogens is 388 g/mol. The number of amidine groups is 1. The Balaban J connectivity index is 1.40. The SMILES string of the molecule is CCOC(=O)N1CCN(C(=O)CSCC2=N[C@@H]3SC(C)=C[C@@H]3C(=O)N2)CC1. The van der Waals surface area contributed by atoms with Crippen molar-refractivity contribution < 1.29 is 19.1 Å². The normalized spacial score (nSPS) is 24.7. The summed E-state index contributed by atoms with van der Waals surface area (Å²) in [6.07, 6.45) is 1.63. The fourth-order valence-electron chi connectivity index (χ4n) is 3.11. The van der Waals surface area contributed by atoms with Gasteiger partial charge in [0.15, 0.2) is 0 Å². The van der Waals surface area contributed by atoms with Gasteiger partial charge < -0.3 is 19.9 Å². The van der Waals surface area contributed by atoms with Gasteiger partial charge in [-0.15, -0.1) is 23.5 Å².